The number of unbranched alkanes of at least 4 members (excludes halogenated alkanes) is 44. The summed E-state index contributed by atoms with van der Waals surface area (Å²) < 4.78 is 32.2. The Morgan fingerprint density at radius 2 is 0.510 bits per heavy atom. The molecule has 0 radical (unpaired) electrons. The SMILES string of the molecule is CCCCCCCCC=CCCCCCCCC(=O)OCC(COC(=O)CCCCCCCC=CCCCCCCCC)NC(=O)OCCN.CCCCCCCCC=CCCCCCCCC(=O)OCC(COC(=O)CCCCCCCC=CCCCCCCCC)NC(=O)OCCN1CCCC1. The fraction of sp³-hybridized carbons (Fsp3) is 0.841. The van der Waals surface area contributed by atoms with E-state index in [1.807, 2.05) is 0 Å². The maximum Gasteiger partial charge on any atom is 0.407 e. The van der Waals surface area contributed by atoms with E-state index in [2.05, 4.69) is 91.8 Å². The molecule has 0 aromatic heterocycles. The summed E-state index contributed by atoms with van der Waals surface area (Å²) in [6.07, 6.45) is 83.5. The van der Waals surface area contributed by atoms with Crippen LogP contribution in [0.25, 0.3) is 0 Å². The molecule has 0 atom stereocenters. The average molecular weight is 1470 g/mol. The van der Waals surface area contributed by atoms with Crippen LogP contribution in [0.4, 0.5) is 9.59 Å². The Morgan fingerprint density at radius 3 is 0.740 bits per heavy atom. The van der Waals surface area contributed by atoms with E-state index in [9.17, 15) is 28.8 Å². The van der Waals surface area contributed by atoms with E-state index in [4.69, 9.17) is 34.2 Å². The summed E-state index contributed by atoms with van der Waals surface area (Å²) in [6.45, 7) is 12.1. The molecule has 16 heteroatoms. The summed E-state index contributed by atoms with van der Waals surface area (Å²) in [5.41, 5.74) is 5.41. The maximum absolute atomic E-state index is 12.5. The molecular weight excluding hydrogens is 1300 g/mol. The number of esters is 4. The minimum atomic E-state index is -0.684. The number of hydrogen-bond donors (Lipinski definition) is 3. The maximum atomic E-state index is 12.5. The van der Waals surface area contributed by atoms with Gasteiger partial charge in [0.05, 0.1) is 0 Å². The van der Waals surface area contributed by atoms with E-state index >= 15 is 0 Å². The Hall–Kier alpha value is -4.70. The number of carbonyl (C=O) groups is 6. The quantitative estimate of drug-likeness (QED) is 0.0224. The third-order valence-electron chi connectivity index (χ3n) is 19.2. The van der Waals surface area contributed by atoms with Gasteiger partial charge in [0, 0.05) is 38.8 Å². The van der Waals surface area contributed by atoms with Gasteiger partial charge in [-0.25, -0.2) is 9.59 Å². The van der Waals surface area contributed by atoms with Gasteiger partial charge in [0.2, 0.25) is 0 Å². The molecule has 4 N–H and O–H groups in total. The molecule has 0 saturated carbocycles. The van der Waals surface area contributed by atoms with Crippen LogP contribution < -0.4 is 16.4 Å². The van der Waals surface area contributed by atoms with E-state index in [1.165, 1.54) is 231 Å². The van der Waals surface area contributed by atoms with Crippen LogP contribution in [0.15, 0.2) is 48.6 Å². The van der Waals surface area contributed by atoms with Crippen LogP contribution >= 0.6 is 0 Å². The molecule has 104 heavy (non-hydrogen) atoms. The van der Waals surface area contributed by atoms with E-state index in [1.54, 1.807) is 0 Å². The second-order valence-corrected chi connectivity index (χ2v) is 29.4. The summed E-state index contributed by atoms with van der Waals surface area (Å²) in [5.74, 6) is -1.21. The van der Waals surface area contributed by atoms with Gasteiger partial charge < -0.3 is 44.8 Å². The molecule has 0 aromatic carbocycles. The highest BCUT2D eigenvalue weighted by molar-refractivity contribution is 5.72. The number of rotatable bonds is 75. The number of alkyl carbamates (subject to hydrolysis) is 2. The molecule has 606 valence electrons. The van der Waals surface area contributed by atoms with Gasteiger partial charge in [0.15, 0.2) is 0 Å². The van der Waals surface area contributed by atoms with Crippen molar-refractivity contribution >= 4 is 36.1 Å². The van der Waals surface area contributed by atoms with Gasteiger partial charge in [0.1, 0.15) is 51.7 Å². The number of carbonyl (C=O) groups excluding carboxylic acids is 6. The van der Waals surface area contributed by atoms with E-state index in [0.717, 1.165) is 129 Å². The smallest absolute Gasteiger partial charge is 0.407 e. The zero-order valence-electron chi connectivity index (χ0n) is 67.8. The molecule has 1 heterocycles. The number of hydrogen-bond acceptors (Lipinski definition) is 14. The Bertz CT molecular complexity index is 1930. The molecule has 1 saturated heterocycles. The molecule has 1 aliphatic heterocycles. The third-order valence-corrected chi connectivity index (χ3v) is 19.2. The van der Waals surface area contributed by atoms with Crippen LogP contribution in [-0.2, 0) is 47.6 Å². The van der Waals surface area contributed by atoms with Crippen LogP contribution in [0.3, 0.4) is 0 Å². The first-order chi connectivity index (χ1) is 51.1. The van der Waals surface area contributed by atoms with Crippen molar-refractivity contribution in [3.8, 4) is 0 Å². The summed E-state index contributed by atoms with van der Waals surface area (Å²) in [5, 5.41) is 5.38. The highest BCUT2D eigenvalue weighted by Gasteiger charge is 2.21. The van der Waals surface area contributed by atoms with Crippen molar-refractivity contribution in [1.82, 2.24) is 15.5 Å². The van der Waals surface area contributed by atoms with Crippen molar-refractivity contribution in [2.75, 3.05) is 65.8 Å². The molecule has 1 rings (SSSR count). The number of nitrogens with two attached hydrogens (primary N) is 1. The van der Waals surface area contributed by atoms with Gasteiger partial charge in [-0.1, -0.05) is 282 Å². The zero-order chi connectivity index (χ0) is 75.6. The van der Waals surface area contributed by atoms with Gasteiger partial charge in [0.25, 0.3) is 0 Å². The van der Waals surface area contributed by atoms with Crippen molar-refractivity contribution in [3.05, 3.63) is 48.6 Å². The van der Waals surface area contributed by atoms with Crippen molar-refractivity contribution in [1.29, 1.82) is 0 Å². The van der Waals surface area contributed by atoms with Gasteiger partial charge in [-0.15, -0.1) is 0 Å². The second kappa shape index (κ2) is 82.4. The molecule has 0 bridgehead atoms. The largest absolute Gasteiger partial charge is 0.463 e. The van der Waals surface area contributed by atoms with Crippen molar-refractivity contribution in [3.63, 3.8) is 0 Å². The van der Waals surface area contributed by atoms with Crippen molar-refractivity contribution in [2.45, 2.75) is 412 Å². The molecule has 1 aliphatic rings. The molecule has 0 unspecified atom stereocenters. The molecule has 2 amide bonds. The molecule has 0 aromatic rings. The van der Waals surface area contributed by atoms with Crippen LogP contribution in [0.5, 0.6) is 0 Å². The lowest BCUT2D eigenvalue weighted by Gasteiger charge is -2.19. The minimum Gasteiger partial charge on any atom is -0.463 e. The lowest BCUT2D eigenvalue weighted by molar-refractivity contribution is -0.149. The van der Waals surface area contributed by atoms with E-state index < -0.39 is 24.3 Å². The normalized spacial score (nSPS) is 13.0. The van der Waals surface area contributed by atoms with Gasteiger partial charge in [-0.05, 0) is 154 Å². The summed E-state index contributed by atoms with van der Waals surface area (Å²) >= 11 is 0. The predicted molar refractivity (Wildman–Crippen MR) is 433 cm³/mol. The number of amides is 2. The van der Waals surface area contributed by atoms with Gasteiger partial charge >= 0.3 is 36.1 Å². The lowest BCUT2D eigenvalue weighted by Crippen LogP contribution is -2.43. The standard InChI is InChI=1S/C46H84N2O6.C42H78N2O6/c1-3-5-7-9-11-13-15-17-19-21-23-25-27-29-31-35-44(49)53-41-43(47-46(51)52-40-39-48-37-33-34-38-48)42-54-45(50)36-32-30-28-26-24-22-20-18-16-14-12-10-8-6-4-2;1-3-5-7-9-11-13-15-17-19-21-23-25-27-29-31-33-40(45)49-37-39(44-42(47)48-36-35-43)38-50-41(46)34-32-30-28-26-24-22-20-18-16-14-12-10-8-6-4-2/h17-20,43H,3-16,21-42H2,1-2H3,(H,47,51);17-20,39H,3-16,21-38,43H2,1-2H3,(H,44,47). The summed E-state index contributed by atoms with van der Waals surface area (Å²) in [6, 6.07) is -1.34. The number of likely N-dealkylation sites (tertiary alicyclic amines) is 1. The third kappa shape index (κ3) is 76.9. The average Bonchev–Trinajstić information content (AvgIpc) is 1.35. The first kappa shape index (κ1) is 99.3. The fourth-order valence-corrected chi connectivity index (χ4v) is 12.5. The predicted octanol–water partition coefficient (Wildman–Crippen LogP) is 23.5. The monoisotopic (exact) mass is 1470 g/mol. The number of ether oxygens (including phenoxy) is 6. The van der Waals surface area contributed by atoms with Crippen LogP contribution in [0.1, 0.15) is 400 Å². The highest BCUT2D eigenvalue weighted by Crippen LogP contribution is 2.17. The first-order valence-electron chi connectivity index (χ1n) is 43.6. The molecule has 16 nitrogen and oxygen atoms in total. The topological polar surface area (TPSA) is 211 Å². The minimum absolute atomic E-state index is 0.0498. The highest BCUT2D eigenvalue weighted by atomic mass is 16.6. The Labute approximate surface area is 638 Å². The number of nitrogens with one attached hydrogen (secondary N) is 2. The lowest BCUT2D eigenvalue weighted by atomic mass is 10.1. The second-order valence-electron chi connectivity index (χ2n) is 29.4. The van der Waals surface area contributed by atoms with Gasteiger partial charge in [-0.3, -0.25) is 24.1 Å². The number of nitrogens with zero attached hydrogens (tertiary/aromatic N) is 1. The van der Waals surface area contributed by atoms with Crippen LogP contribution in [0, 0.1) is 0 Å². The van der Waals surface area contributed by atoms with Crippen molar-refractivity contribution in [2.24, 2.45) is 5.73 Å². The first-order valence-corrected chi connectivity index (χ1v) is 43.6. The molecule has 0 aliphatic carbocycles. The van der Waals surface area contributed by atoms with Crippen LogP contribution in [-0.4, -0.2) is 119 Å². The van der Waals surface area contributed by atoms with Crippen LogP contribution in [0.2, 0.25) is 0 Å². The number of allylic oxidation sites excluding steroid dienone is 8. The van der Waals surface area contributed by atoms with E-state index in [-0.39, 0.29) is 63.5 Å². The Kier molecular flexibility index (Phi) is 78.6. The Balaban J connectivity index is 0.00000205. The summed E-state index contributed by atoms with van der Waals surface area (Å²) in [4.78, 5) is 76.6. The zero-order valence-corrected chi connectivity index (χ0v) is 67.8. The fourth-order valence-electron chi connectivity index (χ4n) is 12.5. The molecular formula is C88H162N4O12. The molecule has 1 fully saturated rings. The van der Waals surface area contributed by atoms with Gasteiger partial charge in [-0.2, -0.15) is 0 Å². The Morgan fingerprint density at radius 1 is 0.298 bits per heavy atom. The molecule has 0 spiro atoms. The van der Waals surface area contributed by atoms with E-state index in [0.29, 0.717) is 38.8 Å². The van der Waals surface area contributed by atoms with Crippen molar-refractivity contribution < 1.29 is 57.2 Å². The summed E-state index contributed by atoms with van der Waals surface area (Å²) in [7, 11) is 0.